The van der Waals surface area contributed by atoms with Crippen LogP contribution in [0.25, 0.3) is 0 Å². The first kappa shape index (κ1) is 50.0. The molecular formula is C44H60F2N4O8S2. The number of carbonyl (C=O) groups excluding carboxylic acids is 4. The highest BCUT2D eigenvalue weighted by atomic mass is 33.1. The van der Waals surface area contributed by atoms with E-state index in [1.54, 1.807) is 13.8 Å². The van der Waals surface area contributed by atoms with E-state index in [0.717, 1.165) is 38.5 Å². The Bertz CT molecular complexity index is 1760. The third-order valence-electron chi connectivity index (χ3n) is 9.42. The second kappa shape index (κ2) is 25.4. The van der Waals surface area contributed by atoms with Crippen LogP contribution in [0.4, 0.5) is 8.78 Å². The maximum Gasteiger partial charge on any atom is 0.586 e. The fraction of sp³-hybridized carbons (Fsp3) is 0.500. The highest BCUT2D eigenvalue weighted by molar-refractivity contribution is 8.77. The number of aliphatic hydroxyl groups excluding tert-OH is 2. The average molecular weight is 875 g/mol. The molecule has 0 bridgehead atoms. The van der Waals surface area contributed by atoms with Gasteiger partial charge in [0, 0.05) is 23.5 Å². The smallest absolute Gasteiger partial charge is 0.395 e. The number of alkyl halides is 2. The van der Waals surface area contributed by atoms with Gasteiger partial charge in [-0.1, -0.05) is 107 Å². The number of fused-ring (bicyclic) bond motifs is 1. The molecule has 1 saturated carbocycles. The summed E-state index contributed by atoms with van der Waals surface area (Å²) in [5.41, 5.74) is 4.92. The molecule has 0 radical (unpaired) electrons. The zero-order chi connectivity index (χ0) is 44.0. The van der Waals surface area contributed by atoms with E-state index in [1.165, 1.54) is 39.8 Å². The highest BCUT2D eigenvalue weighted by Crippen LogP contribution is 2.52. The predicted octanol–water partition coefficient (Wildman–Crippen LogP) is 6.60. The van der Waals surface area contributed by atoms with Crippen LogP contribution in [0, 0.1) is 0 Å². The van der Waals surface area contributed by atoms with Crippen LogP contribution in [-0.2, 0) is 24.6 Å². The van der Waals surface area contributed by atoms with E-state index in [4.69, 9.17) is 5.73 Å². The molecule has 1 aliphatic carbocycles. The Labute approximate surface area is 360 Å². The summed E-state index contributed by atoms with van der Waals surface area (Å²) >= 11 is 0. The molecule has 60 heavy (non-hydrogen) atoms. The summed E-state index contributed by atoms with van der Waals surface area (Å²) in [5, 5.41) is 27.1. The first-order chi connectivity index (χ1) is 28.6. The van der Waals surface area contributed by atoms with Gasteiger partial charge in [-0.2, -0.15) is 0 Å². The van der Waals surface area contributed by atoms with Crippen molar-refractivity contribution in [2.24, 2.45) is 5.73 Å². The summed E-state index contributed by atoms with van der Waals surface area (Å²) in [6.07, 6.45) is 27.0. The van der Waals surface area contributed by atoms with E-state index >= 15 is 0 Å². The topological polar surface area (TPSA) is 189 Å². The third-order valence-corrected chi connectivity index (χ3v) is 12.7. The number of amides is 4. The average Bonchev–Trinajstić information content (AvgIpc) is 3.95. The minimum atomic E-state index is -3.83. The van der Waals surface area contributed by atoms with Crippen LogP contribution >= 0.6 is 21.6 Å². The molecule has 12 nitrogen and oxygen atoms in total. The summed E-state index contributed by atoms with van der Waals surface area (Å²) in [6, 6.07) is 1.92. The van der Waals surface area contributed by atoms with Crippen LogP contribution in [0.2, 0.25) is 0 Å². The molecule has 3 atom stereocenters. The van der Waals surface area contributed by atoms with Crippen LogP contribution in [0.1, 0.15) is 90.5 Å². The Hall–Kier alpha value is -4.38. The van der Waals surface area contributed by atoms with E-state index in [9.17, 15) is 38.2 Å². The van der Waals surface area contributed by atoms with Crippen molar-refractivity contribution in [3.8, 4) is 11.5 Å². The van der Waals surface area contributed by atoms with E-state index in [-0.39, 0.29) is 36.1 Å². The van der Waals surface area contributed by atoms with Gasteiger partial charge in [-0.05, 0) is 89.3 Å². The van der Waals surface area contributed by atoms with E-state index < -0.39 is 59.0 Å². The summed E-state index contributed by atoms with van der Waals surface area (Å²) in [4.78, 5) is 52.3. The quantitative estimate of drug-likeness (QED) is 0.0395. The summed E-state index contributed by atoms with van der Waals surface area (Å²) in [6.45, 7) is 4.64. The number of rotatable bonds is 28. The second-order valence-corrected chi connectivity index (χ2v) is 17.8. The Morgan fingerprint density at radius 1 is 0.867 bits per heavy atom. The highest BCUT2D eigenvalue weighted by Gasteiger charge is 2.54. The Kier molecular flexibility index (Phi) is 21.2. The van der Waals surface area contributed by atoms with Gasteiger partial charge in [-0.25, -0.2) is 0 Å². The molecule has 7 N–H and O–H groups in total. The van der Waals surface area contributed by atoms with Gasteiger partial charge in [-0.15, -0.1) is 8.78 Å². The minimum Gasteiger partial charge on any atom is -0.395 e. The van der Waals surface area contributed by atoms with Crippen LogP contribution in [0.5, 0.6) is 11.5 Å². The largest absolute Gasteiger partial charge is 0.586 e. The number of ether oxygens (including phenoxy) is 2. The summed E-state index contributed by atoms with van der Waals surface area (Å²) in [7, 11) is 2.35. The molecule has 4 amide bonds. The van der Waals surface area contributed by atoms with Crippen molar-refractivity contribution in [1.29, 1.82) is 0 Å². The maximum atomic E-state index is 13.8. The Balaban J connectivity index is 1.45. The van der Waals surface area contributed by atoms with Crippen LogP contribution < -0.4 is 31.2 Å². The molecule has 1 aliphatic heterocycles. The molecule has 0 unspecified atom stereocenters. The first-order valence-electron chi connectivity index (χ1n) is 20.2. The number of allylic oxidation sites excluding steroid dienone is 12. The molecule has 1 heterocycles. The first-order valence-corrected chi connectivity index (χ1v) is 22.5. The number of primary amides is 1. The lowest BCUT2D eigenvalue weighted by atomic mass is 9.93. The number of hydrogen-bond acceptors (Lipinski definition) is 10. The predicted molar refractivity (Wildman–Crippen MR) is 234 cm³/mol. The molecule has 16 heteroatoms. The second-order valence-electron chi connectivity index (χ2n) is 14.8. The lowest BCUT2D eigenvalue weighted by Gasteiger charge is -2.34. The van der Waals surface area contributed by atoms with Gasteiger partial charge in [0.2, 0.25) is 23.6 Å². The number of hydrogen-bond donors (Lipinski definition) is 6. The van der Waals surface area contributed by atoms with Gasteiger partial charge in [0.25, 0.3) is 0 Å². The third kappa shape index (κ3) is 17.3. The molecule has 1 fully saturated rings. The van der Waals surface area contributed by atoms with Crippen molar-refractivity contribution in [2.75, 3.05) is 18.9 Å². The molecule has 2 aliphatic rings. The number of halogens is 2. The molecule has 3 rings (SSSR count). The number of nitrogens with one attached hydrogen (secondary N) is 3. The molecule has 1 aromatic carbocycles. The number of aliphatic hydroxyl groups is 2. The van der Waals surface area contributed by atoms with Gasteiger partial charge in [-0.3, -0.25) is 19.2 Å². The molecule has 0 saturated heterocycles. The van der Waals surface area contributed by atoms with Crippen molar-refractivity contribution >= 4 is 45.2 Å². The normalized spacial score (nSPS) is 17.2. The van der Waals surface area contributed by atoms with Crippen molar-refractivity contribution < 1.29 is 47.6 Å². The monoisotopic (exact) mass is 874 g/mol. The number of carbonyl (C=O) groups is 4. The Morgan fingerprint density at radius 2 is 1.42 bits per heavy atom. The van der Waals surface area contributed by atoms with Gasteiger partial charge in [0.15, 0.2) is 11.5 Å². The lowest BCUT2D eigenvalue weighted by Crippen LogP contribution is -2.58. The fourth-order valence-electron chi connectivity index (χ4n) is 5.85. The number of nitrogens with two attached hydrogens (primary N) is 1. The van der Waals surface area contributed by atoms with Crippen LogP contribution in [0.15, 0.2) is 91.1 Å². The number of benzene rings is 1. The standard InChI is InChI=1S/C44H60F2N4O8S2/c1-4-5-6-7-8-9-10-11-12-13-14-15-16-17-18-19-20-21-22-23-37(53)49-34(39(47)54)31-59-60-42(2,3)38(40(55)48-29-33(52)30-51)50-41(56)43(26-27-43)32-24-25-35-36(28-32)58-44(45,46)57-35/h5-6,8-9,11-12,14-15,17-18,20-21,24-25,28,33-34,38,51-52H,4,7,10,13,16,19,22-23,26-27,29-31H2,1-3H3,(H2,47,54)(H,48,55)(H,49,53)(H,50,56)/b6-5-,9-8-,12-11-,15-14-,18-17-,21-20-/t33-,34+,38-/m1/s1. The molecule has 0 aromatic heterocycles. The van der Waals surface area contributed by atoms with E-state index in [1.807, 2.05) is 12.2 Å². The molecular weight excluding hydrogens is 815 g/mol. The van der Waals surface area contributed by atoms with Crippen LogP contribution in [-0.4, -0.2) is 82.0 Å². The van der Waals surface area contributed by atoms with Crippen molar-refractivity contribution in [1.82, 2.24) is 16.0 Å². The van der Waals surface area contributed by atoms with Gasteiger partial charge < -0.3 is 41.4 Å². The van der Waals surface area contributed by atoms with E-state index in [2.05, 4.69) is 93.1 Å². The van der Waals surface area contributed by atoms with Crippen molar-refractivity contribution in [3.63, 3.8) is 0 Å². The van der Waals surface area contributed by atoms with Crippen molar-refractivity contribution in [2.45, 2.75) is 120 Å². The van der Waals surface area contributed by atoms with E-state index in [0.29, 0.717) is 24.8 Å². The van der Waals surface area contributed by atoms with Gasteiger partial charge in [0.05, 0.1) is 18.1 Å². The summed E-state index contributed by atoms with van der Waals surface area (Å²) < 4.78 is 35.3. The minimum absolute atomic E-state index is 0.0619. The molecule has 330 valence electrons. The van der Waals surface area contributed by atoms with Crippen molar-refractivity contribution in [3.05, 3.63) is 96.7 Å². The van der Waals surface area contributed by atoms with Gasteiger partial charge in [0.1, 0.15) is 12.1 Å². The van der Waals surface area contributed by atoms with Crippen LogP contribution in [0.3, 0.4) is 0 Å². The zero-order valence-electron chi connectivity index (χ0n) is 34.6. The van der Waals surface area contributed by atoms with Gasteiger partial charge >= 0.3 is 6.29 Å². The SMILES string of the molecule is CC/C=C\C/C=C\C/C=C\C/C=C\C/C=C\C/C=C\CCC(=O)N[C@@H](CSSC(C)(C)[C@H](NC(=O)C1(c2ccc3c(c2)OC(F)(F)O3)CC1)C(=O)NC[C@@H](O)CO)C(N)=O. The Morgan fingerprint density at radius 3 is 1.95 bits per heavy atom. The molecule has 0 spiro atoms. The lowest BCUT2D eigenvalue weighted by molar-refractivity contribution is -0.286. The fourth-order valence-corrected chi connectivity index (χ4v) is 8.68. The summed E-state index contributed by atoms with van der Waals surface area (Å²) in [5.74, 6) is -2.57. The maximum absolute atomic E-state index is 13.8. The molecule has 1 aromatic rings. The zero-order valence-corrected chi connectivity index (χ0v) is 36.2.